The van der Waals surface area contributed by atoms with Gasteiger partial charge in [0.25, 0.3) is 5.91 Å². The SMILES string of the molecule is CCNC(=O)[C@@H](C)OC(=O)c1ccc(OCc2ccccc2)cc1. The van der Waals surface area contributed by atoms with E-state index >= 15 is 0 Å². The first-order chi connectivity index (χ1) is 11.6. The average molecular weight is 327 g/mol. The van der Waals surface area contributed by atoms with Crippen LogP contribution in [0.25, 0.3) is 0 Å². The third-order valence-electron chi connectivity index (χ3n) is 3.34. The van der Waals surface area contributed by atoms with E-state index in [4.69, 9.17) is 9.47 Å². The fraction of sp³-hybridized carbons (Fsp3) is 0.263. The van der Waals surface area contributed by atoms with Crippen LogP contribution < -0.4 is 10.1 Å². The second-order valence-electron chi connectivity index (χ2n) is 5.24. The molecule has 2 aromatic carbocycles. The Balaban J connectivity index is 1.89. The van der Waals surface area contributed by atoms with Crippen LogP contribution in [0.15, 0.2) is 54.6 Å². The molecule has 1 amide bonds. The molecule has 0 aliphatic carbocycles. The Morgan fingerprint density at radius 1 is 1.04 bits per heavy atom. The van der Waals surface area contributed by atoms with E-state index in [9.17, 15) is 9.59 Å². The summed E-state index contributed by atoms with van der Waals surface area (Å²) < 4.78 is 10.8. The molecule has 24 heavy (non-hydrogen) atoms. The van der Waals surface area contributed by atoms with Gasteiger partial charge < -0.3 is 14.8 Å². The molecule has 126 valence electrons. The predicted octanol–water partition coefficient (Wildman–Crippen LogP) is 2.95. The van der Waals surface area contributed by atoms with Crippen molar-refractivity contribution >= 4 is 11.9 Å². The van der Waals surface area contributed by atoms with Gasteiger partial charge in [0.1, 0.15) is 12.4 Å². The Morgan fingerprint density at radius 3 is 2.33 bits per heavy atom. The van der Waals surface area contributed by atoms with E-state index in [0.717, 1.165) is 5.56 Å². The monoisotopic (exact) mass is 327 g/mol. The van der Waals surface area contributed by atoms with E-state index in [1.165, 1.54) is 0 Å². The van der Waals surface area contributed by atoms with Crippen LogP contribution in [0, 0.1) is 0 Å². The highest BCUT2D eigenvalue weighted by atomic mass is 16.5. The minimum absolute atomic E-state index is 0.311. The van der Waals surface area contributed by atoms with Crippen LogP contribution in [0.1, 0.15) is 29.8 Å². The molecule has 0 fully saturated rings. The van der Waals surface area contributed by atoms with Crippen molar-refractivity contribution in [3.8, 4) is 5.75 Å². The van der Waals surface area contributed by atoms with E-state index in [-0.39, 0.29) is 5.91 Å². The predicted molar refractivity (Wildman–Crippen MR) is 90.8 cm³/mol. The lowest BCUT2D eigenvalue weighted by molar-refractivity contribution is -0.128. The van der Waals surface area contributed by atoms with Crippen LogP contribution >= 0.6 is 0 Å². The van der Waals surface area contributed by atoms with Crippen LogP contribution in [0.2, 0.25) is 0 Å². The summed E-state index contributed by atoms with van der Waals surface area (Å²) >= 11 is 0. The number of carbonyl (C=O) groups is 2. The maximum atomic E-state index is 12.0. The van der Waals surface area contributed by atoms with Gasteiger partial charge in [-0.2, -0.15) is 0 Å². The van der Waals surface area contributed by atoms with E-state index in [1.54, 1.807) is 38.1 Å². The standard InChI is InChI=1S/C19H21NO4/c1-3-20-18(21)14(2)24-19(22)16-9-11-17(12-10-16)23-13-15-7-5-4-6-8-15/h4-12,14H,3,13H2,1-2H3,(H,20,21)/t14-/m1/s1. The molecule has 2 aromatic rings. The van der Waals surface area contributed by atoms with Crippen molar-refractivity contribution in [1.82, 2.24) is 5.32 Å². The van der Waals surface area contributed by atoms with Gasteiger partial charge in [0, 0.05) is 6.54 Å². The highest BCUT2D eigenvalue weighted by Gasteiger charge is 2.18. The lowest BCUT2D eigenvalue weighted by Gasteiger charge is -2.13. The van der Waals surface area contributed by atoms with Gasteiger partial charge in [0.15, 0.2) is 6.10 Å². The summed E-state index contributed by atoms with van der Waals surface area (Å²) in [4.78, 5) is 23.6. The summed E-state index contributed by atoms with van der Waals surface area (Å²) in [5.74, 6) is -0.191. The largest absolute Gasteiger partial charge is 0.489 e. The van der Waals surface area contributed by atoms with Crippen LogP contribution in [0.5, 0.6) is 5.75 Å². The molecule has 0 radical (unpaired) electrons. The molecule has 1 N–H and O–H groups in total. The van der Waals surface area contributed by atoms with Gasteiger partial charge in [0.05, 0.1) is 5.56 Å². The fourth-order valence-corrected chi connectivity index (χ4v) is 2.03. The Bertz CT molecular complexity index is 668. The quantitative estimate of drug-likeness (QED) is 0.794. The number of hydrogen-bond acceptors (Lipinski definition) is 4. The minimum Gasteiger partial charge on any atom is -0.489 e. The summed E-state index contributed by atoms with van der Waals surface area (Å²) in [5.41, 5.74) is 1.44. The zero-order valence-corrected chi connectivity index (χ0v) is 13.8. The molecule has 0 aromatic heterocycles. The molecule has 0 aliphatic heterocycles. The molecular formula is C19H21NO4. The Labute approximate surface area is 141 Å². The lowest BCUT2D eigenvalue weighted by atomic mass is 10.2. The zero-order valence-electron chi connectivity index (χ0n) is 13.8. The van der Waals surface area contributed by atoms with Gasteiger partial charge in [-0.05, 0) is 43.7 Å². The zero-order chi connectivity index (χ0) is 17.4. The van der Waals surface area contributed by atoms with Crippen molar-refractivity contribution < 1.29 is 19.1 Å². The van der Waals surface area contributed by atoms with Crippen LogP contribution in [0.4, 0.5) is 0 Å². The molecule has 1 atom stereocenters. The summed E-state index contributed by atoms with van der Waals surface area (Å²) in [6, 6.07) is 16.5. The van der Waals surface area contributed by atoms with E-state index in [2.05, 4.69) is 5.32 Å². The lowest BCUT2D eigenvalue weighted by Crippen LogP contribution is -2.35. The summed E-state index contributed by atoms with van der Waals surface area (Å²) in [7, 11) is 0. The Kier molecular flexibility index (Phi) is 6.37. The number of ether oxygens (including phenoxy) is 2. The molecule has 2 rings (SSSR count). The van der Waals surface area contributed by atoms with Crippen molar-refractivity contribution in [3.63, 3.8) is 0 Å². The highest BCUT2D eigenvalue weighted by Crippen LogP contribution is 2.15. The summed E-state index contributed by atoms with van der Waals surface area (Å²) in [6.45, 7) is 4.30. The van der Waals surface area contributed by atoms with Crippen molar-refractivity contribution in [2.75, 3.05) is 6.54 Å². The second kappa shape index (κ2) is 8.72. The molecule has 5 nitrogen and oxygen atoms in total. The van der Waals surface area contributed by atoms with Crippen LogP contribution in [-0.2, 0) is 16.1 Å². The van der Waals surface area contributed by atoms with Gasteiger partial charge in [-0.3, -0.25) is 4.79 Å². The van der Waals surface area contributed by atoms with Crippen molar-refractivity contribution in [3.05, 3.63) is 65.7 Å². The first-order valence-corrected chi connectivity index (χ1v) is 7.85. The number of likely N-dealkylation sites (N-methyl/N-ethyl adjacent to an activating group) is 1. The maximum Gasteiger partial charge on any atom is 0.338 e. The molecule has 5 heteroatoms. The number of hydrogen-bond donors (Lipinski definition) is 1. The highest BCUT2D eigenvalue weighted by molar-refractivity contribution is 5.92. The minimum atomic E-state index is -0.827. The van der Waals surface area contributed by atoms with Gasteiger partial charge in [-0.25, -0.2) is 4.79 Å². The number of nitrogens with one attached hydrogen (secondary N) is 1. The Hall–Kier alpha value is -2.82. The molecular weight excluding hydrogens is 306 g/mol. The number of amides is 1. The Morgan fingerprint density at radius 2 is 1.71 bits per heavy atom. The fourth-order valence-electron chi connectivity index (χ4n) is 2.03. The van der Waals surface area contributed by atoms with Crippen LogP contribution in [-0.4, -0.2) is 24.5 Å². The number of benzene rings is 2. The topological polar surface area (TPSA) is 64.6 Å². The van der Waals surface area contributed by atoms with Crippen molar-refractivity contribution in [2.45, 2.75) is 26.6 Å². The third-order valence-corrected chi connectivity index (χ3v) is 3.34. The van der Waals surface area contributed by atoms with Gasteiger partial charge in [-0.1, -0.05) is 30.3 Å². The maximum absolute atomic E-state index is 12.0. The number of carbonyl (C=O) groups excluding carboxylic acids is 2. The first kappa shape index (κ1) is 17.5. The number of esters is 1. The van der Waals surface area contributed by atoms with Crippen molar-refractivity contribution in [2.24, 2.45) is 0 Å². The summed E-state index contributed by atoms with van der Waals surface area (Å²) in [6.07, 6.45) is -0.827. The molecule has 0 saturated carbocycles. The molecule has 0 unspecified atom stereocenters. The van der Waals surface area contributed by atoms with E-state index < -0.39 is 12.1 Å². The molecule has 0 saturated heterocycles. The molecule has 0 spiro atoms. The van der Waals surface area contributed by atoms with Gasteiger partial charge >= 0.3 is 5.97 Å². The van der Waals surface area contributed by atoms with Gasteiger partial charge in [-0.15, -0.1) is 0 Å². The molecule has 0 bridgehead atoms. The van der Waals surface area contributed by atoms with E-state index in [0.29, 0.717) is 24.5 Å². The number of rotatable bonds is 7. The average Bonchev–Trinajstić information content (AvgIpc) is 2.61. The first-order valence-electron chi connectivity index (χ1n) is 7.85. The third kappa shape index (κ3) is 5.12. The normalized spacial score (nSPS) is 11.4. The van der Waals surface area contributed by atoms with Gasteiger partial charge in [0.2, 0.25) is 0 Å². The van der Waals surface area contributed by atoms with Crippen molar-refractivity contribution in [1.29, 1.82) is 0 Å². The summed E-state index contributed by atoms with van der Waals surface area (Å²) in [5, 5.41) is 2.61. The molecule has 0 aliphatic rings. The van der Waals surface area contributed by atoms with Crippen LogP contribution in [0.3, 0.4) is 0 Å². The smallest absolute Gasteiger partial charge is 0.338 e. The van der Waals surface area contributed by atoms with E-state index in [1.807, 2.05) is 30.3 Å². The second-order valence-corrected chi connectivity index (χ2v) is 5.24. The molecule has 0 heterocycles.